The molecule has 0 saturated heterocycles. The van der Waals surface area contributed by atoms with E-state index in [0.29, 0.717) is 17.8 Å². The van der Waals surface area contributed by atoms with Gasteiger partial charge in [0.1, 0.15) is 11.6 Å². The third kappa shape index (κ3) is 3.79. The number of nitrogens with one attached hydrogen (secondary N) is 1. The second-order valence-electron chi connectivity index (χ2n) is 7.42. The summed E-state index contributed by atoms with van der Waals surface area (Å²) >= 11 is 0. The summed E-state index contributed by atoms with van der Waals surface area (Å²) in [6.07, 6.45) is 1.80. The number of carbonyl (C=O) groups is 2. The highest BCUT2D eigenvalue weighted by molar-refractivity contribution is 6.37. The number of hydrogen-bond acceptors (Lipinski definition) is 3. The molecule has 3 rings (SSSR count). The van der Waals surface area contributed by atoms with Crippen molar-refractivity contribution in [1.82, 2.24) is 0 Å². The van der Waals surface area contributed by atoms with E-state index in [-0.39, 0.29) is 17.1 Å². The van der Waals surface area contributed by atoms with Crippen LogP contribution >= 0.6 is 0 Å². The first-order valence-corrected chi connectivity index (χ1v) is 9.83. The maximum atomic E-state index is 13.1. The summed E-state index contributed by atoms with van der Waals surface area (Å²) in [6.45, 7) is 8.44. The molecule has 0 radical (unpaired) electrons. The number of carbonyl (C=O) groups excluding carboxylic acids is 2. The van der Waals surface area contributed by atoms with Gasteiger partial charge in [0.25, 0.3) is 11.8 Å². The van der Waals surface area contributed by atoms with Gasteiger partial charge < -0.3 is 10.2 Å². The van der Waals surface area contributed by atoms with E-state index >= 15 is 0 Å². The molecule has 0 saturated carbocycles. The number of nitriles is 1. The van der Waals surface area contributed by atoms with Gasteiger partial charge in [-0.25, -0.2) is 0 Å². The minimum absolute atomic E-state index is 0.152. The number of anilines is 2. The Labute approximate surface area is 171 Å². The van der Waals surface area contributed by atoms with Crippen molar-refractivity contribution < 1.29 is 9.59 Å². The normalized spacial score (nSPS) is 14.4. The van der Waals surface area contributed by atoms with Crippen molar-refractivity contribution in [2.75, 3.05) is 16.8 Å². The highest BCUT2D eigenvalue weighted by atomic mass is 16.2. The fraction of sp³-hybridized carbons (Fsp3) is 0.292. The Hall–Kier alpha value is -3.39. The first kappa shape index (κ1) is 20.3. The number of rotatable bonds is 5. The van der Waals surface area contributed by atoms with Gasteiger partial charge in [-0.05, 0) is 44.4 Å². The molecular formula is C24H25N3O2. The van der Waals surface area contributed by atoms with E-state index in [9.17, 15) is 14.9 Å². The molecule has 0 atom stereocenters. The van der Waals surface area contributed by atoms with Crippen molar-refractivity contribution in [1.29, 1.82) is 5.26 Å². The van der Waals surface area contributed by atoms with E-state index in [2.05, 4.69) is 12.2 Å². The first-order chi connectivity index (χ1) is 13.9. The Kier molecular flexibility index (Phi) is 5.84. The van der Waals surface area contributed by atoms with E-state index in [1.807, 2.05) is 57.2 Å². The zero-order chi connectivity index (χ0) is 21.1. The van der Waals surface area contributed by atoms with Crippen LogP contribution in [0.15, 0.2) is 42.0 Å². The second-order valence-corrected chi connectivity index (χ2v) is 7.42. The molecular weight excluding hydrogens is 362 g/mol. The van der Waals surface area contributed by atoms with Crippen LogP contribution in [0.4, 0.5) is 11.4 Å². The molecule has 0 aliphatic carbocycles. The van der Waals surface area contributed by atoms with Crippen LogP contribution in [0.25, 0.3) is 5.57 Å². The molecule has 0 spiro atoms. The van der Waals surface area contributed by atoms with Gasteiger partial charge in [0.05, 0.1) is 11.3 Å². The predicted molar refractivity (Wildman–Crippen MR) is 116 cm³/mol. The summed E-state index contributed by atoms with van der Waals surface area (Å²) in [7, 11) is 0. The lowest BCUT2D eigenvalue weighted by Crippen LogP contribution is -2.28. The van der Waals surface area contributed by atoms with Gasteiger partial charge >= 0.3 is 0 Å². The third-order valence-corrected chi connectivity index (χ3v) is 5.16. The molecule has 0 fully saturated rings. The average molecular weight is 387 g/mol. The molecule has 0 unspecified atom stereocenters. The Balaban J connectivity index is 2.05. The number of nitrogens with zero attached hydrogens (tertiary/aromatic N) is 2. The molecule has 2 aromatic carbocycles. The molecule has 29 heavy (non-hydrogen) atoms. The molecule has 148 valence electrons. The standard InChI is InChI=1S/C24H25N3O2/c1-5-6-11-27-20-10-8-7-9-18(20)21(24(27)29)19(14-25)23(28)26-22-16(3)12-15(2)13-17(22)4/h7-10,12-13H,5-6,11H2,1-4H3,(H,26,28). The second kappa shape index (κ2) is 8.32. The van der Waals surface area contributed by atoms with Crippen molar-refractivity contribution in [3.8, 4) is 6.07 Å². The van der Waals surface area contributed by atoms with Crippen molar-refractivity contribution in [3.05, 3.63) is 64.2 Å². The fourth-order valence-electron chi connectivity index (χ4n) is 3.83. The Morgan fingerprint density at radius 3 is 2.41 bits per heavy atom. The highest BCUT2D eigenvalue weighted by Crippen LogP contribution is 2.38. The number of unbranched alkanes of at least 4 members (excludes halogenated alkanes) is 1. The predicted octanol–water partition coefficient (Wildman–Crippen LogP) is 4.67. The van der Waals surface area contributed by atoms with Crippen molar-refractivity contribution in [2.45, 2.75) is 40.5 Å². The van der Waals surface area contributed by atoms with Gasteiger partial charge in [0.2, 0.25) is 0 Å². The molecule has 1 aliphatic heterocycles. The molecule has 0 bridgehead atoms. The van der Waals surface area contributed by atoms with Gasteiger partial charge in [-0.3, -0.25) is 9.59 Å². The largest absolute Gasteiger partial charge is 0.321 e. The third-order valence-electron chi connectivity index (χ3n) is 5.16. The van der Waals surface area contributed by atoms with E-state index in [4.69, 9.17) is 0 Å². The fourth-order valence-corrected chi connectivity index (χ4v) is 3.83. The van der Waals surface area contributed by atoms with Gasteiger partial charge in [-0.1, -0.05) is 49.2 Å². The maximum absolute atomic E-state index is 13.1. The van der Waals surface area contributed by atoms with E-state index in [0.717, 1.165) is 35.2 Å². The molecule has 2 aromatic rings. The number of aryl methyl sites for hydroxylation is 3. The summed E-state index contributed by atoms with van der Waals surface area (Å²) in [5.74, 6) is -0.846. The zero-order valence-electron chi connectivity index (χ0n) is 17.3. The topological polar surface area (TPSA) is 73.2 Å². The summed E-state index contributed by atoms with van der Waals surface area (Å²) in [5.41, 5.74) is 5.03. The van der Waals surface area contributed by atoms with Gasteiger partial charge in [-0.15, -0.1) is 0 Å². The Morgan fingerprint density at radius 1 is 1.14 bits per heavy atom. The summed E-state index contributed by atoms with van der Waals surface area (Å²) in [5, 5.41) is 12.6. The van der Waals surface area contributed by atoms with E-state index in [1.165, 1.54) is 0 Å². The summed E-state index contributed by atoms with van der Waals surface area (Å²) in [4.78, 5) is 27.8. The number of amides is 2. The highest BCUT2D eigenvalue weighted by Gasteiger charge is 2.36. The number of fused-ring (bicyclic) bond motifs is 1. The van der Waals surface area contributed by atoms with Gasteiger partial charge in [0, 0.05) is 17.8 Å². The first-order valence-electron chi connectivity index (χ1n) is 9.83. The van der Waals surface area contributed by atoms with Gasteiger partial charge in [0.15, 0.2) is 0 Å². The number of para-hydroxylation sites is 1. The smallest absolute Gasteiger partial charge is 0.267 e. The maximum Gasteiger partial charge on any atom is 0.267 e. The molecule has 1 heterocycles. The Bertz CT molecular complexity index is 1040. The molecule has 2 amide bonds. The van der Waals surface area contributed by atoms with Crippen LogP contribution in [-0.4, -0.2) is 18.4 Å². The summed E-state index contributed by atoms with van der Waals surface area (Å²) < 4.78 is 0. The molecule has 1 aliphatic rings. The monoisotopic (exact) mass is 387 g/mol. The summed E-state index contributed by atoms with van der Waals surface area (Å²) in [6, 6.07) is 13.3. The number of hydrogen-bond donors (Lipinski definition) is 1. The number of benzene rings is 2. The van der Waals surface area contributed by atoms with Crippen molar-refractivity contribution in [2.24, 2.45) is 0 Å². The lowest BCUT2D eigenvalue weighted by Gasteiger charge is -2.16. The van der Waals surface area contributed by atoms with E-state index < -0.39 is 5.91 Å². The van der Waals surface area contributed by atoms with Crippen LogP contribution in [-0.2, 0) is 9.59 Å². The molecule has 1 N–H and O–H groups in total. The van der Waals surface area contributed by atoms with Crippen LogP contribution in [0.5, 0.6) is 0 Å². The minimum Gasteiger partial charge on any atom is -0.321 e. The van der Waals surface area contributed by atoms with Crippen LogP contribution in [0.2, 0.25) is 0 Å². The van der Waals surface area contributed by atoms with Gasteiger partial charge in [-0.2, -0.15) is 5.26 Å². The van der Waals surface area contributed by atoms with Crippen LogP contribution in [0.1, 0.15) is 42.0 Å². The lowest BCUT2D eigenvalue weighted by molar-refractivity contribution is -0.114. The molecule has 5 nitrogen and oxygen atoms in total. The van der Waals surface area contributed by atoms with Crippen LogP contribution in [0.3, 0.4) is 0 Å². The van der Waals surface area contributed by atoms with Crippen LogP contribution < -0.4 is 10.2 Å². The average Bonchev–Trinajstić information content (AvgIpc) is 2.95. The quantitative estimate of drug-likeness (QED) is 0.598. The van der Waals surface area contributed by atoms with Crippen molar-refractivity contribution in [3.63, 3.8) is 0 Å². The minimum atomic E-state index is -0.557. The molecule has 0 aromatic heterocycles. The van der Waals surface area contributed by atoms with Crippen molar-refractivity contribution >= 4 is 28.8 Å². The van der Waals surface area contributed by atoms with E-state index in [1.54, 1.807) is 11.0 Å². The Morgan fingerprint density at radius 2 is 1.79 bits per heavy atom. The lowest BCUT2D eigenvalue weighted by atomic mass is 10.0. The zero-order valence-corrected chi connectivity index (χ0v) is 17.3. The molecule has 5 heteroatoms. The van der Waals surface area contributed by atoms with Crippen LogP contribution in [0, 0.1) is 32.1 Å². The SMILES string of the molecule is CCCCN1C(=O)C(=C(C#N)C(=O)Nc2c(C)cc(C)cc2C)c2ccccc21.